The SMILES string of the molecule is CCCCN(C)C(=O)CCc1nc(-c2ccccn2)cs1. The normalized spacial score (nSPS) is 10.6. The van der Waals surface area contributed by atoms with E-state index in [0.717, 1.165) is 35.8 Å². The van der Waals surface area contributed by atoms with Crippen LogP contribution in [0.3, 0.4) is 0 Å². The number of carbonyl (C=O) groups excluding carboxylic acids is 1. The fourth-order valence-electron chi connectivity index (χ4n) is 1.98. The van der Waals surface area contributed by atoms with Crippen LogP contribution in [0.1, 0.15) is 31.2 Å². The summed E-state index contributed by atoms with van der Waals surface area (Å²) in [5.41, 5.74) is 1.77. The third-order valence-electron chi connectivity index (χ3n) is 3.30. The Bertz CT molecular complexity index is 568. The number of unbranched alkanes of at least 4 members (excludes halogenated alkanes) is 1. The number of thiazole rings is 1. The van der Waals surface area contributed by atoms with Gasteiger partial charge in [-0.1, -0.05) is 19.4 Å². The first-order valence-corrected chi connectivity index (χ1v) is 8.18. The second kappa shape index (κ2) is 7.88. The van der Waals surface area contributed by atoms with Gasteiger partial charge in [-0.05, 0) is 18.6 Å². The summed E-state index contributed by atoms with van der Waals surface area (Å²) in [5.74, 6) is 0.193. The van der Waals surface area contributed by atoms with Crippen LogP contribution in [0.5, 0.6) is 0 Å². The van der Waals surface area contributed by atoms with E-state index in [1.54, 1.807) is 17.5 Å². The van der Waals surface area contributed by atoms with E-state index in [1.165, 1.54) is 0 Å². The zero-order valence-corrected chi connectivity index (χ0v) is 13.4. The first-order chi connectivity index (χ1) is 10.2. The topological polar surface area (TPSA) is 46.1 Å². The average Bonchev–Trinajstić information content (AvgIpc) is 3.00. The zero-order valence-electron chi connectivity index (χ0n) is 12.6. The molecule has 2 aromatic rings. The number of aryl methyl sites for hydroxylation is 1. The Hall–Kier alpha value is -1.75. The molecule has 5 heteroatoms. The number of amides is 1. The molecule has 2 aromatic heterocycles. The monoisotopic (exact) mass is 303 g/mol. The van der Waals surface area contributed by atoms with E-state index in [4.69, 9.17) is 0 Å². The smallest absolute Gasteiger partial charge is 0.222 e. The second-order valence-corrected chi connectivity index (χ2v) is 5.95. The quantitative estimate of drug-likeness (QED) is 0.787. The highest BCUT2D eigenvalue weighted by Gasteiger charge is 2.11. The van der Waals surface area contributed by atoms with Gasteiger partial charge in [-0.2, -0.15) is 0 Å². The molecule has 0 aliphatic rings. The summed E-state index contributed by atoms with van der Waals surface area (Å²) >= 11 is 1.59. The maximum atomic E-state index is 12.0. The van der Waals surface area contributed by atoms with E-state index >= 15 is 0 Å². The van der Waals surface area contributed by atoms with E-state index in [9.17, 15) is 4.79 Å². The Labute approximate surface area is 129 Å². The Morgan fingerprint density at radius 2 is 2.19 bits per heavy atom. The Morgan fingerprint density at radius 1 is 1.33 bits per heavy atom. The molecule has 0 N–H and O–H groups in total. The van der Waals surface area contributed by atoms with Crippen molar-refractivity contribution >= 4 is 17.2 Å². The minimum atomic E-state index is 0.193. The summed E-state index contributed by atoms with van der Waals surface area (Å²) in [4.78, 5) is 22.7. The number of rotatable bonds is 7. The number of nitrogens with zero attached hydrogens (tertiary/aromatic N) is 3. The fourth-order valence-corrected chi connectivity index (χ4v) is 2.77. The van der Waals surface area contributed by atoms with E-state index < -0.39 is 0 Å². The Morgan fingerprint density at radius 3 is 2.90 bits per heavy atom. The van der Waals surface area contributed by atoms with Crippen molar-refractivity contribution in [2.45, 2.75) is 32.6 Å². The van der Waals surface area contributed by atoms with Crippen molar-refractivity contribution < 1.29 is 4.79 Å². The van der Waals surface area contributed by atoms with E-state index in [0.29, 0.717) is 12.8 Å². The lowest BCUT2D eigenvalue weighted by Gasteiger charge is -2.16. The summed E-state index contributed by atoms with van der Waals surface area (Å²) in [7, 11) is 1.87. The highest BCUT2D eigenvalue weighted by Crippen LogP contribution is 2.20. The number of pyridine rings is 1. The third-order valence-corrected chi connectivity index (χ3v) is 4.21. The average molecular weight is 303 g/mol. The molecule has 4 nitrogen and oxygen atoms in total. The number of hydrogen-bond acceptors (Lipinski definition) is 4. The second-order valence-electron chi connectivity index (χ2n) is 5.01. The highest BCUT2D eigenvalue weighted by molar-refractivity contribution is 7.09. The predicted molar refractivity (Wildman–Crippen MR) is 86.2 cm³/mol. The van der Waals surface area contributed by atoms with Crippen molar-refractivity contribution in [3.8, 4) is 11.4 Å². The van der Waals surface area contributed by atoms with Crippen LogP contribution in [-0.4, -0.2) is 34.4 Å². The van der Waals surface area contributed by atoms with E-state index in [-0.39, 0.29) is 5.91 Å². The summed E-state index contributed by atoms with van der Waals surface area (Å²) in [6.45, 7) is 2.97. The van der Waals surface area contributed by atoms with Crippen LogP contribution in [0.4, 0.5) is 0 Å². The van der Waals surface area contributed by atoms with Crippen molar-refractivity contribution in [1.82, 2.24) is 14.9 Å². The molecule has 0 aromatic carbocycles. The lowest BCUT2D eigenvalue weighted by Crippen LogP contribution is -2.27. The highest BCUT2D eigenvalue weighted by atomic mass is 32.1. The lowest BCUT2D eigenvalue weighted by atomic mass is 10.2. The van der Waals surface area contributed by atoms with Gasteiger partial charge in [-0.25, -0.2) is 4.98 Å². The first-order valence-electron chi connectivity index (χ1n) is 7.30. The minimum absolute atomic E-state index is 0.193. The predicted octanol–water partition coefficient (Wildman–Crippen LogP) is 3.40. The van der Waals surface area contributed by atoms with Crippen molar-refractivity contribution in [2.75, 3.05) is 13.6 Å². The molecular formula is C16H21N3OS. The Kier molecular flexibility index (Phi) is 5.87. The molecule has 0 radical (unpaired) electrons. The largest absolute Gasteiger partial charge is 0.346 e. The van der Waals surface area contributed by atoms with Gasteiger partial charge in [0, 0.05) is 38.0 Å². The molecule has 0 spiro atoms. The van der Waals surface area contributed by atoms with Crippen molar-refractivity contribution in [3.63, 3.8) is 0 Å². The fraction of sp³-hybridized carbons (Fsp3) is 0.438. The molecule has 0 saturated carbocycles. The minimum Gasteiger partial charge on any atom is -0.346 e. The molecule has 0 saturated heterocycles. The van der Waals surface area contributed by atoms with Crippen LogP contribution in [-0.2, 0) is 11.2 Å². The van der Waals surface area contributed by atoms with Crippen molar-refractivity contribution in [1.29, 1.82) is 0 Å². The van der Waals surface area contributed by atoms with Crippen LogP contribution in [0.15, 0.2) is 29.8 Å². The molecule has 1 amide bonds. The van der Waals surface area contributed by atoms with Crippen LogP contribution in [0.25, 0.3) is 11.4 Å². The lowest BCUT2D eigenvalue weighted by molar-refractivity contribution is -0.129. The molecule has 0 unspecified atom stereocenters. The number of carbonyl (C=O) groups is 1. The standard InChI is InChI=1S/C16H21N3OS/c1-3-4-11-19(2)16(20)9-8-15-18-14(12-21-15)13-7-5-6-10-17-13/h5-7,10,12H,3-4,8-9,11H2,1-2H3. The summed E-state index contributed by atoms with van der Waals surface area (Å²) in [6.07, 6.45) is 5.16. The van der Waals surface area contributed by atoms with Gasteiger partial charge in [0.15, 0.2) is 0 Å². The molecular weight excluding hydrogens is 282 g/mol. The number of hydrogen-bond donors (Lipinski definition) is 0. The summed E-state index contributed by atoms with van der Waals surface area (Å²) in [5, 5.41) is 3.00. The van der Waals surface area contributed by atoms with Crippen LogP contribution < -0.4 is 0 Å². The van der Waals surface area contributed by atoms with Gasteiger partial charge in [-0.3, -0.25) is 9.78 Å². The van der Waals surface area contributed by atoms with Crippen molar-refractivity contribution in [2.24, 2.45) is 0 Å². The van der Waals surface area contributed by atoms with Crippen LogP contribution >= 0.6 is 11.3 Å². The molecule has 0 bridgehead atoms. The third kappa shape index (κ3) is 4.63. The van der Waals surface area contributed by atoms with Crippen LogP contribution in [0, 0.1) is 0 Å². The van der Waals surface area contributed by atoms with Gasteiger partial charge in [0.2, 0.25) is 5.91 Å². The van der Waals surface area contributed by atoms with Gasteiger partial charge in [0.1, 0.15) is 0 Å². The number of aromatic nitrogens is 2. The Balaban J connectivity index is 1.87. The molecule has 0 atom stereocenters. The van der Waals surface area contributed by atoms with E-state index in [2.05, 4.69) is 16.9 Å². The van der Waals surface area contributed by atoms with E-state index in [1.807, 2.05) is 35.5 Å². The van der Waals surface area contributed by atoms with Gasteiger partial charge < -0.3 is 4.90 Å². The van der Waals surface area contributed by atoms with Crippen molar-refractivity contribution in [3.05, 3.63) is 34.8 Å². The molecule has 2 rings (SSSR count). The van der Waals surface area contributed by atoms with Crippen LogP contribution in [0.2, 0.25) is 0 Å². The summed E-state index contributed by atoms with van der Waals surface area (Å²) < 4.78 is 0. The van der Waals surface area contributed by atoms with Gasteiger partial charge >= 0.3 is 0 Å². The molecule has 0 aliphatic carbocycles. The molecule has 0 fully saturated rings. The van der Waals surface area contributed by atoms with Gasteiger partial charge in [0.25, 0.3) is 0 Å². The van der Waals surface area contributed by atoms with Gasteiger partial charge in [-0.15, -0.1) is 11.3 Å². The maximum absolute atomic E-state index is 12.0. The summed E-state index contributed by atoms with van der Waals surface area (Å²) in [6, 6.07) is 5.79. The molecule has 0 aliphatic heterocycles. The first kappa shape index (κ1) is 15.6. The zero-order chi connectivity index (χ0) is 15.1. The molecule has 112 valence electrons. The molecule has 21 heavy (non-hydrogen) atoms. The van der Waals surface area contributed by atoms with Gasteiger partial charge in [0.05, 0.1) is 16.4 Å². The maximum Gasteiger partial charge on any atom is 0.222 e. The molecule has 2 heterocycles.